The van der Waals surface area contributed by atoms with E-state index in [1.165, 1.54) is 0 Å². The van der Waals surface area contributed by atoms with E-state index in [0.29, 0.717) is 23.4 Å². The molecule has 3 aromatic carbocycles. The molecule has 0 spiro atoms. The van der Waals surface area contributed by atoms with Crippen molar-refractivity contribution in [2.45, 2.75) is 32.2 Å². The number of para-hydroxylation sites is 1. The highest BCUT2D eigenvalue weighted by Crippen LogP contribution is 2.36. The van der Waals surface area contributed by atoms with Gasteiger partial charge in [0.15, 0.2) is 0 Å². The van der Waals surface area contributed by atoms with Crippen molar-refractivity contribution in [1.82, 2.24) is 9.88 Å². The zero-order valence-electron chi connectivity index (χ0n) is 18.5. The molecule has 1 N–H and O–H groups in total. The number of aromatic nitrogens is 1. The van der Waals surface area contributed by atoms with Crippen molar-refractivity contribution in [1.29, 1.82) is 0 Å². The molecular weight excluding hydrogens is 430 g/mol. The average Bonchev–Trinajstić information content (AvgIpc) is 3.30. The van der Waals surface area contributed by atoms with E-state index >= 15 is 0 Å². The average molecular weight is 456 g/mol. The number of nitrogens with zero attached hydrogens (tertiary/aromatic N) is 2. The Morgan fingerprint density at radius 3 is 2.58 bits per heavy atom. The zero-order chi connectivity index (χ0) is 22.8. The number of anilines is 1. The number of nitrogens with one attached hydrogen (secondary N) is 1. The highest BCUT2D eigenvalue weighted by Gasteiger charge is 2.31. The van der Waals surface area contributed by atoms with Crippen molar-refractivity contribution in [3.63, 3.8) is 0 Å². The maximum absolute atomic E-state index is 13.6. The third-order valence-electron chi connectivity index (χ3n) is 6.13. The maximum Gasteiger partial charge on any atom is 0.255 e. The number of piperidine rings is 1. The van der Waals surface area contributed by atoms with Gasteiger partial charge in [0.25, 0.3) is 11.8 Å². The van der Waals surface area contributed by atoms with Gasteiger partial charge in [-0.2, -0.15) is 0 Å². The molecule has 5 rings (SSSR count). The first-order chi connectivity index (χ1) is 16.1. The number of likely N-dealkylation sites (tertiary alicyclic amines) is 1. The summed E-state index contributed by atoms with van der Waals surface area (Å²) in [5, 5.41) is 3.96. The summed E-state index contributed by atoms with van der Waals surface area (Å²) >= 11 is 1.67. The number of aryl methyl sites for hydroxylation is 1. The van der Waals surface area contributed by atoms with Crippen LogP contribution in [0.5, 0.6) is 0 Å². The number of amides is 2. The molecule has 6 heteroatoms. The summed E-state index contributed by atoms with van der Waals surface area (Å²) in [5.74, 6) is -0.206. The normalized spacial score (nSPS) is 16.0. The first kappa shape index (κ1) is 21.3. The zero-order valence-corrected chi connectivity index (χ0v) is 19.3. The largest absolute Gasteiger partial charge is 0.329 e. The lowest BCUT2D eigenvalue weighted by Gasteiger charge is -2.34. The predicted molar refractivity (Wildman–Crippen MR) is 133 cm³/mol. The highest BCUT2D eigenvalue weighted by molar-refractivity contribution is 7.18. The van der Waals surface area contributed by atoms with Crippen LogP contribution in [0.3, 0.4) is 0 Å². The number of carbonyl (C=O) groups is 2. The van der Waals surface area contributed by atoms with Crippen molar-refractivity contribution in [3.8, 4) is 0 Å². The Bertz CT molecular complexity index is 1280. The van der Waals surface area contributed by atoms with E-state index in [-0.39, 0.29) is 17.9 Å². The molecule has 1 unspecified atom stereocenters. The van der Waals surface area contributed by atoms with Crippen molar-refractivity contribution in [2.24, 2.45) is 0 Å². The van der Waals surface area contributed by atoms with Crippen LogP contribution in [0.1, 0.15) is 56.6 Å². The fourth-order valence-corrected chi connectivity index (χ4v) is 5.42. The van der Waals surface area contributed by atoms with E-state index in [1.54, 1.807) is 29.5 Å². The van der Waals surface area contributed by atoms with E-state index in [0.717, 1.165) is 40.1 Å². The van der Waals surface area contributed by atoms with Crippen LogP contribution in [0.15, 0.2) is 72.8 Å². The quantitative estimate of drug-likeness (QED) is 0.397. The van der Waals surface area contributed by atoms with E-state index in [1.807, 2.05) is 60.4 Å². The summed E-state index contributed by atoms with van der Waals surface area (Å²) < 4.78 is 1.15. The summed E-state index contributed by atoms with van der Waals surface area (Å²) in [7, 11) is 0. The van der Waals surface area contributed by atoms with Gasteiger partial charge in [0.05, 0.1) is 16.3 Å². The van der Waals surface area contributed by atoms with Crippen molar-refractivity contribution < 1.29 is 9.59 Å². The van der Waals surface area contributed by atoms with E-state index in [4.69, 9.17) is 4.98 Å². The third kappa shape index (κ3) is 4.39. The molecule has 0 aliphatic carbocycles. The monoisotopic (exact) mass is 455 g/mol. The number of rotatable bonds is 4. The summed E-state index contributed by atoms with van der Waals surface area (Å²) in [4.78, 5) is 33.1. The second-order valence-electron chi connectivity index (χ2n) is 8.38. The third-order valence-corrected chi connectivity index (χ3v) is 7.27. The van der Waals surface area contributed by atoms with Crippen LogP contribution in [0.4, 0.5) is 5.69 Å². The first-order valence-electron chi connectivity index (χ1n) is 11.2. The minimum absolute atomic E-state index is 0.0193. The van der Waals surface area contributed by atoms with Gasteiger partial charge in [-0.1, -0.05) is 36.4 Å². The predicted octanol–water partition coefficient (Wildman–Crippen LogP) is 6.22. The molecule has 1 aliphatic rings. The number of thiazole rings is 1. The van der Waals surface area contributed by atoms with Crippen LogP contribution in [0, 0.1) is 6.92 Å². The Labute approximate surface area is 197 Å². The molecular formula is C27H25N3O2S. The van der Waals surface area contributed by atoms with Crippen molar-refractivity contribution in [2.75, 3.05) is 11.9 Å². The summed E-state index contributed by atoms with van der Waals surface area (Å²) in [5.41, 5.74) is 3.72. The molecule has 0 bridgehead atoms. The standard InChI is InChI=1S/C27H25N3O2S/c1-18-14-15-20(17-22(18)28-25(31)19-9-3-2-4-10-19)27(32)30-16-8-7-12-23(30)26-29-21-11-5-6-13-24(21)33-26/h2-6,9-11,13-15,17,23H,7-8,12,16H2,1H3,(H,28,31). The fraction of sp³-hybridized carbons (Fsp3) is 0.222. The molecule has 1 aromatic heterocycles. The SMILES string of the molecule is Cc1ccc(C(=O)N2CCCCC2c2nc3ccccc3s2)cc1NC(=O)c1ccccc1. The van der Waals surface area contributed by atoms with Gasteiger partial charge in [0.1, 0.15) is 5.01 Å². The maximum atomic E-state index is 13.6. The van der Waals surface area contributed by atoms with Gasteiger partial charge in [-0.05, 0) is 68.1 Å². The number of hydrogen-bond donors (Lipinski definition) is 1. The van der Waals surface area contributed by atoms with Gasteiger partial charge in [0.2, 0.25) is 0 Å². The molecule has 1 saturated heterocycles. The number of fused-ring (bicyclic) bond motifs is 1. The molecule has 166 valence electrons. The van der Waals surface area contributed by atoms with Gasteiger partial charge < -0.3 is 10.2 Å². The van der Waals surface area contributed by atoms with Crippen molar-refractivity contribution >= 4 is 39.1 Å². The molecule has 1 aliphatic heterocycles. The molecule has 2 amide bonds. The molecule has 33 heavy (non-hydrogen) atoms. The molecule has 5 nitrogen and oxygen atoms in total. The summed E-state index contributed by atoms with van der Waals surface area (Å²) in [6, 6.07) is 22.7. The summed E-state index contributed by atoms with van der Waals surface area (Å²) in [6.07, 6.45) is 2.97. The minimum Gasteiger partial charge on any atom is -0.329 e. The number of hydrogen-bond acceptors (Lipinski definition) is 4. The Kier molecular flexibility index (Phi) is 5.92. The number of carbonyl (C=O) groups excluding carboxylic acids is 2. The molecule has 4 aromatic rings. The molecule has 0 radical (unpaired) electrons. The van der Waals surface area contributed by atoms with Gasteiger partial charge >= 0.3 is 0 Å². The van der Waals surface area contributed by atoms with E-state index in [9.17, 15) is 9.59 Å². The lowest BCUT2D eigenvalue weighted by molar-refractivity contribution is 0.0611. The van der Waals surface area contributed by atoms with Crippen LogP contribution in [0.25, 0.3) is 10.2 Å². The lowest BCUT2D eigenvalue weighted by Crippen LogP contribution is -2.38. The van der Waals surface area contributed by atoms with Gasteiger partial charge in [-0.3, -0.25) is 9.59 Å². The van der Waals surface area contributed by atoms with Gasteiger partial charge in [0, 0.05) is 23.4 Å². The van der Waals surface area contributed by atoms with Crippen LogP contribution < -0.4 is 5.32 Å². The van der Waals surface area contributed by atoms with Gasteiger partial charge in [-0.15, -0.1) is 11.3 Å². The first-order valence-corrected chi connectivity index (χ1v) is 12.1. The Balaban J connectivity index is 1.41. The second-order valence-corrected chi connectivity index (χ2v) is 9.44. The highest BCUT2D eigenvalue weighted by atomic mass is 32.1. The van der Waals surface area contributed by atoms with E-state index in [2.05, 4.69) is 11.4 Å². The minimum atomic E-state index is -0.186. The van der Waals surface area contributed by atoms with Crippen LogP contribution >= 0.6 is 11.3 Å². The Morgan fingerprint density at radius 2 is 1.76 bits per heavy atom. The van der Waals surface area contributed by atoms with Gasteiger partial charge in [-0.25, -0.2) is 4.98 Å². The summed E-state index contributed by atoms with van der Waals surface area (Å²) in [6.45, 7) is 2.64. The molecule has 1 fully saturated rings. The van der Waals surface area contributed by atoms with Crippen LogP contribution in [-0.2, 0) is 0 Å². The molecule has 0 saturated carbocycles. The van der Waals surface area contributed by atoms with Crippen LogP contribution in [-0.4, -0.2) is 28.2 Å². The van der Waals surface area contributed by atoms with Crippen LogP contribution in [0.2, 0.25) is 0 Å². The van der Waals surface area contributed by atoms with E-state index < -0.39 is 0 Å². The number of benzene rings is 3. The molecule has 1 atom stereocenters. The fourth-order valence-electron chi connectivity index (χ4n) is 4.30. The smallest absolute Gasteiger partial charge is 0.255 e. The van der Waals surface area contributed by atoms with Crippen molar-refractivity contribution in [3.05, 3.63) is 94.5 Å². The Hall–Kier alpha value is -3.51. The Morgan fingerprint density at radius 1 is 0.970 bits per heavy atom. The molecule has 2 heterocycles. The topological polar surface area (TPSA) is 62.3 Å². The lowest BCUT2D eigenvalue weighted by atomic mass is 10.0. The second kappa shape index (κ2) is 9.16.